The summed E-state index contributed by atoms with van der Waals surface area (Å²) < 4.78 is 13.7. The Balaban J connectivity index is 2.12. The Labute approximate surface area is 119 Å². The Morgan fingerprint density at radius 2 is 2.19 bits per heavy atom. The highest BCUT2D eigenvalue weighted by Crippen LogP contribution is 2.17. The maximum absolute atomic E-state index is 13.7. The van der Waals surface area contributed by atoms with Crippen LogP contribution in [-0.2, 0) is 4.79 Å². The lowest BCUT2D eigenvalue weighted by molar-refractivity contribution is -0.126. The summed E-state index contributed by atoms with van der Waals surface area (Å²) in [5.41, 5.74) is -0.348. The summed E-state index contributed by atoms with van der Waals surface area (Å²) in [4.78, 5) is 35.5. The van der Waals surface area contributed by atoms with Crippen molar-refractivity contribution in [1.82, 2.24) is 10.2 Å². The number of hydrogen-bond acceptors (Lipinski definition) is 3. The third kappa shape index (κ3) is 3.10. The lowest BCUT2D eigenvalue weighted by atomic mass is 10.2. The van der Waals surface area contributed by atoms with E-state index in [0.29, 0.717) is 13.1 Å². The molecule has 1 saturated heterocycles. The van der Waals surface area contributed by atoms with Gasteiger partial charge in [0.25, 0.3) is 0 Å². The number of carboxylic acids is 1. The Hall–Kier alpha value is -2.64. The highest BCUT2D eigenvalue weighted by Gasteiger charge is 2.29. The molecular formula is C13H14FN3O4. The first kappa shape index (κ1) is 14.8. The molecule has 1 heterocycles. The molecule has 3 amide bonds. The molecule has 21 heavy (non-hydrogen) atoms. The van der Waals surface area contributed by atoms with Crippen LogP contribution in [0.25, 0.3) is 0 Å². The highest BCUT2D eigenvalue weighted by atomic mass is 19.1. The Kier molecular flexibility index (Phi) is 4.06. The number of urea groups is 1. The second-order valence-electron chi connectivity index (χ2n) is 4.59. The van der Waals surface area contributed by atoms with Crippen molar-refractivity contribution < 1.29 is 23.9 Å². The average molecular weight is 295 g/mol. The van der Waals surface area contributed by atoms with Crippen molar-refractivity contribution in [3.63, 3.8) is 0 Å². The third-order valence-corrected chi connectivity index (χ3v) is 3.22. The van der Waals surface area contributed by atoms with Gasteiger partial charge in [-0.15, -0.1) is 0 Å². The van der Waals surface area contributed by atoms with Crippen LogP contribution in [0, 0.1) is 5.82 Å². The molecule has 2 rings (SSSR count). The van der Waals surface area contributed by atoms with E-state index in [4.69, 9.17) is 5.11 Å². The highest BCUT2D eigenvalue weighted by molar-refractivity contribution is 5.95. The largest absolute Gasteiger partial charge is 0.478 e. The number of carbonyl (C=O) groups is 3. The number of nitrogens with zero attached hydrogens (tertiary/aromatic N) is 1. The van der Waals surface area contributed by atoms with Gasteiger partial charge in [-0.3, -0.25) is 4.79 Å². The summed E-state index contributed by atoms with van der Waals surface area (Å²) in [6.07, 6.45) is 0. The van der Waals surface area contributed by atoms with Gasteiger partial charge in [0.05, 0.1) is 11.3 Å². The van der Waals surface area contributed by atoms with Crippen LogP contribution in [0.3, 0.4) is 0 Å². The van der Waals surface area contributed by atoms with Crippen LogP contribution in [-0.4, -0.2) is 47.0 Å². The zero-order valence-electron chi connectivity index (χ0n) is 11.2. The van der Waals surface area contributed by atoms with Crippen LogP contribution < -0.4 is 10.6 Å². The van der Waals surface area contributed by atoms with E-state index in [0.717, 1.165) is 6.07 Å². The van der Waals surface area contributed by atoms with Crippen molar-refractivity contribution in [1.29, 1.82) is 0 Å². The molecule has 0 radical (unpaired) electrons. The standard InChI is InChI=1S/C13H14FN3O4/c1-7-11(18)15-4-5-17(7)13(21)16-10-3-2-8(12(19)20)6-9(10)14/h2-3,6-7H,4-5H2,1H3,(H,15,18)(H,16,21)(H,19,20). The number of piperazine rings is 1. The number of aromatic carboxylic acids is 1. The van der Waals surface area contributed by atoms with E-state index in [1.54, 1.807) is 6.92 Å². The second-order valence-corrected chi connectivity index (χ2v) is 4.59. The summed E-state index contributed by atoms with van der Waals surface area (Å²) >= 11 is 0. The zero-order valence-corrected chi connectivity index (χ0v) is 11.2. The number of halogens is 1. The normalized spacial score (nSPS) is 18.1. The van der Waals surface area contributed by atoms with E-state index in [2.05, 4.69) is 10.6 Å². The van der Waals surface area contributed by atoms with E-state index < -0.39 is 23.9 Å². The van der Waals surface area contributed by atoms with Crippen molar-refractivity contribution in [3.05, 3.63) is 29.6 Å². The Morgan fingerprint density at radius 1 is 1.48 bits per heavy atom. The van der Waals surface area contributed by atoms with Gasteiger partial charge in [-0.2, -0.15) is 0 Å². The van der Waals surface area contributed by atoms with Gasteiger partial charge in [0.2, 0.25) is 5.91 Å². The van der Waals surface area contributed by atoms with Crippen LogP contribution in [0.15, 0.2) is 18.2 Å². The molecule has 0 bridgehead atoms. The fourth-order valence-electron chi connectivity index (χ4n) is 2.00. The number of carboxylic acid groups (broad SMARTS) is 1. The molecule has 1 aliphatic rings. The number of benzene rings is 1. The topological polar surface area (TPSA) is 98.7 Å². The van der Waals surface area contributed by atoms with Gasteiger partial charge in [0.1, 0.15) is 11.9 Å². The SMILES string of the molecule is CC1C(=O)NCCN1C(=O)Nc1ccc(C(=O)O)cc1F. The molecule has 1 aromatic rings. The zero-order chi connectivity index (χ0) is 15.6. The first-order chi connectivity index (χ1) is 9.90. The van der Waals surface area contributed by atoms with Crippen molar-refractivity contribution in [3.8, 4) is 0 Å². The number of hydrogen-bond donors (Lipinski definition) is 3. The number of rotatable bonds is 2. The molecule has 1 aromatic carbocycles. The van der Waals surface area contributed by atoms with Crippen molar-refractivity contribution in [2.24, 2.45) is 0 Å². The monoisotopic (exact) mass is 295 g/mol. The minimum Gasteiger partial charge on any atom is -0.478 e. The lowest BCUT2D eigenvalue weighted by Crippen LogP contribution is -2.56. The first-order valence-corrected chi connectivity index (χ1v) is 6.28. The van der Waals surface area contributed by atoms with E-state index in [9.17, 15) is 18.8 Å². The van der Waals surface area contributed by atoms with Crippen LogP contribution in [0.1, 0.15) is 17.3 Å². The van der Waals surface area contributed by atoms with Gasteiger partial charge in [-0.25, -0.2) is 14.0 Å². The van der Waals surface area contributed by atoms with Crippen LogP contribution in [0.5, 0.6) is 0 Å². The Bertz CT molecular complexity index is 605. The number of nitrogens with one attached hydrogen (secondary N) is 2. The van der Waals surface area contributed by atoms with Gasteiger partial charge in [-0.1, -0.05) is 0 Å². The fraction of sp³-hybridized carbons (Fsp3) is 0.308. The van der Waals surface area contributed by atoms with Gasteiger partial charge in [0, 0.05) is 13.1 Å². The molecule has 0 saturated carbocycles. The molecule has 1 fully saturated rings. The minimum absolute atomic E-state index is 0.136. The fourth-order valence-corrected chi connectivity index (χ4v) is 2.00. The van der Waals surface area contributed by atoms with Crippen LogP contribution >= 0.6 is 0 Å². The molecule has 0 aromatic heterocycles. The van der Waals surface area contributed by atoms with Crippen molar-refractivity contribution >= 4 is 23.6 Å². The molecule has 1 unspecified atom stereocenters. The summed E-state index contributed by atoms with van der Waals surface area (Å²) in [6.45, 7) is 2.21. The number of amides is 3. The molecule has 8 heteroatoms. The van der Waals surface area contributed by atoms with Gasteiger partial charge in [0.15, 0.2) is 0 Å². The number of anilines is 1. The molecule has 0 spiro atoms. The number of carbonyl (C=O) groups excluding carboxylic acids is 2. The first-order valence-electron chi connectivity index (χ1n) is 6.28. The average Bonchev–Trinajstić information content (AvgIpc) is 2.43. The van der Waals surface area contributed by atoms with Crippen molar-refractivity contribution in [2.45, 2.75) is 13.0 Å². The smallest absolute Gasteiger partial charge is 0.335 e. The van der Waals surface area contributed by atoms with E-state index in [-0.39, 0.29) is 17.2 Å². The molecule has 7 nitrogen and oxygen atoms in total. The molecule has 1 atom stereocenters. The maximum atomic E-state index is 13.7. The molecule has 3 N–H and O–H groups in total. The quantitative estimate of drug-likeness (QED) is 0.754. The molecule has 112 valence electrons. The van der Waals surface area contributed by atoms with E-state index in [1.165, 1.54) is 17.0 Å². The maximum Gasteiger partial charge on any atom is 0.335 e. The van der Waals surface area contributed by atoms with Gasteiger partial charge in [-0.05, 0) is 25.1 Å². The van der Waals surface area contributed by atoms with Crippen LogP contribution in [0.4, 0.5) is 14.9 Å². The minimum atomic E-state index is -1.26. The molecular weight excluding hydrogens is 281 g/mol. The lowest BCUT2D eigenvalue weighted by Gasteiger charge is -2.32. The van der Waals surface area contributed by atoms with E-state index in [1.807, 2.05) is 0 Å². The molecule has 1 aliphatic heterocycles. The summed E-state index contributed by atoms with van der Waals surface area (Å²) in [5, 5.41) is 13.7. The van der Waals surface area contributed by atoms with Gasteiger partial charge < -0.3 is 20.6 Å². The summed E-state index contributed by atoms with van der Waals surface area (Å²) in [6, 6.07) is 1.92. The summed E-state index contributed by atoms with van der Waals surface area (Å²) in [5.74, 6) is -2.39. The Morgan fingerprint density at radius 3 is 2.81 bits per heavy atom. The third-order valence-electron chi connectivity index (χ3n) is 3.22. The van der Waals surface area contributed by atoms with Crippen molar-refractivity contribution in [2.75, 3.05) is 18.4 Å². The van der Waals surface area contributed by atoms with E-state index >= 15 is 0 Å². The second kappa shape index (κ2) is 5.78. The van der Waals surface area contributed by atoms with Crippen LogP contribution in [0.2, 0.25) is 0 Å². The summed E-state index contributed by atoms with van der Waals surface area (Å²) in [7, 11) is 0. The molecule has 0 aliphatic carbocycles. The van der Waals surface area contributed by atoms with Gasteiger partial charge >= 0.3 is 12.0 Å². The predicted octanol–water partition coefficient (Wildman–Crippen LogP) is 0.876. The predicted molar refractivity (Wildman–Crippen MR) is 71.6 cm³/mol.